The predicted molar refractivity (Wildman–Crippen MR) is 81.0 cm³/mol. The third-order valence-electron chi connectivity index (χ3n) is 3.27. The number of alkyl carbamates (subject to hydrolysis) is 1. The van der Waals surface area contributed by atoms with E-state index in [0.717, 1.165) is 16.7 Å². The summed E-state index contributed by atoms with van der Waals surface area (Å²) in [6.45, 7) is 0. The number of hydrogen-bond acceptors (Lipinski definition) is 3. The number of rotatable bonds is 2. The van der Waals surface area contributed by atoms with Gasteiger partial charge in [-0.05, 0) is 29.8 Å². The maximum absolute atomic E-state index is 11.4. The van der Waals surface area contributed by atoms with Crippen molar-refractivity contribution in [2.75, 3.05) is 0 Å². The minimum absolute atomic E-state index is 0.365. The molecule has 0 saturated carbocycles. The number of ether oxygens (including phenoxy) is 1. The molecule has 2 aromatic rings. The highest BCUT2D eigenvalue weighted by atomic mass is 16.6. The fourth-order valence-corrected chi connectivity index (χ4v) is 2.13. The number of nitrogens with one attached hydrogen (secondary N) is 1. The zero-order valence-electron chi connectivity index (χ0n) is 11.7. The van der Waals surface area contributed by atoms with Crippen LogP contribution in [0, 0.1) is 11.8 Å². The molecule has 1 heterocycles. The summed E-state index contributed by atoms with van der Waals surface area (Å²) in [5.74, 6) is 5.78. The van der Waals surface area contributed by atoms with Crippen molar-refractivity contribution in [1.29, 1.82) is 0 Å². The number of carbonyl (C=O) groups is 2. The van der Waals surface area contributed by atoms with Gasteiger partial charge in [-0.15, -0.1) is 0 Å². The molecule has 2 aromatic carbocycles. The lowest BCUT2D eigenvalue weighted by molar-refractivity contribution is -0.123. The van der Waals surface area contributed by atoms with Crippen LogP contribution in [-0.2, 0) is 16.0 Å². The van der Waals surface area contributed by atoms with Gasteiger partial charge in [0.1, 0.15) is 0 Å². The number of hydrogen-bond donors (Lipinski definition) is 1. The number of imide groups is 1. The van der Waals surface area contributed by atoms with Crippen LogP contribution in [0.2, 0.25) is 0 Å². The first-order chi connectivity index (χ1) is 10.7. The lowest BCUT2D eigenvalue weighted by Gasteiger charge is -2.06. The van der Waals surface area contributed by atoms with Gasteiger partial charge in [-0.1, -0.05) is 42.2 Å². The second-order valence-electron chi connectivity index (χ2n) is 4.90. The van der Waals surface area contributed by atoms with Crippen molar-refractivity contribution in [3.8, 4) is 11.8 Å². The predicted octanol–water partition coefficient (Wildman–Crippen LogP) is 2.26. The minimum Gasteiger partial charge on any atom is -0.435 e. The summed E-state index contributed by atoms with van der Waals surface area (Å²) in [6.07, 6.45) is -1.06. The van der Waals surface area contributed by atoms with Gasteiger partial charge < -0.3 is 4.74 Å². The van der Waals surface area contributed by atoms with Gasteiger partial charge in [0.25, 0.3) is 5.91 Å². The highest BCUT2D eigenvalue weighted by Crippen LogP contribution is 2.12. The normalized spacial score (nSPS) is 16.5. The Bertz CT molecular complexity index is 754. The fraction of sp³-hybridized carbons (Fsp3) is 0.111. The van der Waals surface area contributed by atoms with Crippen molar-refractivity contribution < 1.29 is 14.3 Å². The average Bonchev–Trinajstić information content (AvgIpc) is 2.85. The van der Waals surface area contributed by atoms with Gasteiger partial charge in [-0.2, -0.15) is 0 Å². The molecule has 0 aliphatic carbocycles. The topological polar surface area (TPSA) is 55.4 Å². The Morgan fingerprint density at radius 2 is 1.55 bits per heavy atom. The van der Waals surface area contributed by atoms with Crippen LogP contribution >= 0.6 is 0 Å². The largest absolute Gasteiger partial charge is 0.435 e. The molecule has 4 heteroatoms. The zero-order valence-corrected chi connectivity index (χ0v) is 11.7. The van der Waals surface area contributed by atoms with Crippen LogP contribution in [0.4, 0.5) is 4.79 Å². The number of amides is 2. The summed E-state index contributed by atoms with van der Waals surface area (Å²) in [4.78, 5) is 22.4. The van der Waals surface area contributed by atoms with Crippen LogP contribution in [0.3, 0.4) is 0 Å². The molecule has 1 unspecified atom stereocenters. The molecule has 22 heavy (non-hydrogen) atoms. The summed E-state index contributed by atoms with van der Waals surface area (Å²) in [5, 5.41) is 2.11. The van der Waals surface area contributed by atoms with Gasteiger partial charge in [0.2, 0.25) is 0 Å². The van der Waals surface area contributed by atoms with Gasteiger partial charge in [0, 0.05) is 17.5 Å². The molecule has 1 N–H and O–H groups in total. The Morgan fingerprint density at radius 3 is 2.14 bits per heavy atom. The Hall–Kier alpha value is -3.06. The standard InChI is InChI=1S/C18H13NO3/c20-17-16(22-18(21)19-17)12-15-10-8-14(9-11-15)7-6-13-4-2-1-3-5-13/h1-5,8-11,16H,12H2,(H,19,20,21). The molecule has 0 bridgehead atoms. The summed E-state index contributed by atoms with van der Waals surface area (Å²) in [7, 11) is 0. The number of benzene rings is 2. The van der Waals surface area contributed by atoms with Crippen molar-refractivity contribution in [1.82, 2.24) is 5.32 Å². The molecule has 3 rings (SSSR count). The van der Waals surface area contributed by atoms with E-state index in [0.29, 0.717) is 6.42 Å². The average molecular weight is 291 g/mol. The smallest absolute Gasteiger partial charge is 0.414 e. The first-order valence-electron chi connectivity index (χ1n) is 6.88. The van der Waals surface area contributed by atoms with E-state index >= 15 is 0 Å². The van der Waals surface area contributed by atoms with Crippen LogP contribution in [-0.4, -0.2) is 18.1 Å². The van der Waals surface area contributed by atoms with E-state index in [-0.39, 0.29) is 0 Å². The van der Waals surface area contributed by atoms with Gasteiger partial charge >= 0.3 is 6.09 Å². The van der Waals surface area contributed by atoms with Gasteiger partial charge in [-0.25, -0.2) is 4.79 Å². The monoisotopic (exact) mass is 291 g/mol. The number of carbonyl (C=O) groups excluding carboxylic acids is 2. The van der Waals surface area contributed by atoms with Gasteiger partial charge in [0.15, 0.2) is 6.10 Å². The SMILES string of the molecule is O=C1NC(=O)C(Cc2ccc(C#Cc3ccccc3)cc2)O1. The molecule has 1 atom stereocenters. The molecule has 1 aliphatic heterocycles. The molecule has 1 saturated heterocycles. The Kier molecular flexibility index (Phi) is 3.88. The van der Waals surface area contributed by atoms with Gasteiger partial charge in [-0.3, -0.25) is 10.1 Å². The van der Waals surface area contributed by atoms with Crippen LogP contribution in [0.5, 0.6) is 0 Å². The summed E-state index contributed by atoms with van der Waals surface area (Å²) < 4.78 is 4.89. The molecule has 1 aliphatic rings. The molecule has 0 spiro atoms. The first-order valence-corrected chi connectivity index (χ1v) is 6.88. The van der Waals surface area contributed by atoms with Crippen LogP contribution in [0.15, 0.2) is 54.6 Å². The Morgan fingerprint density at radius 1 is 0.909 bits per heavy atom. The first kappa shape index (κ1) is 13.9. The second-order valence-corrected chi connectivity index (χ2v) is 4.90. The van der Waals surface area contributed by atoms with Crippen molar-refractivity contribution in [2.45, 2.75) is 12.5 Å². The number of cyclic esters (lactones) is 1. The molecule has 0 aromatic heterocycles. The fourth-order valence-electron chi connectivity index (χ4n) is 2.13. The molecule has 1 fully saturated rings. The van der Waals surface area contributed by atoms with E-state index in [1.165, 1.54) is 0 Å². The van der Waals surface area contributed by atoms with E-state index in [1.54, 1.807) is 0 Å². The van der Waals surface area contributed by atoms with Crippen LogP contribution < -0.4 is 5.32 Å². The third kappa shape index (κ3) is 3.33. The quantitative estimate of drug-likeness (QED) is 0.864. The van der Waals surface area contributed by atoms with E-state index < -0.39 is 18.1 Å². The third-order valence-corrected chi connectivity index (χ3v) is 3.27. The molecule has 108 valence electrons. The maximum atomic E-state index is 11.4. The molecule has 2 amide bonds. The van der Waals surface area contributed by atoms with Crippen molar-refractivity contribution in [3.05, 3.63) is 71.3 Å². The lowest BCUT2D eigenvalue weighted by atomic mass is 10.1. The lowest BCUT2D eigenvalue weighted by Crippen LogP contribution is -2.25. The summed E-state index contributed by atoms with van der Waals surface area (Å²) in [5.41, 5.74) is 2.77. The van der Waals surface area contributed by atoms with E-state index in [2.05, 4.69) is 17.2 Å². The van der Waals surface area contributed by atoms with Crippen LogP contribution in [0.25, 0.3) is 0 Å². The molecule has 0 radical (unpaired) electrons. The zero-order chi connectivity index (χ0) is 15.4. The Labute approximate surface area is 128 Å². The summed E-state index contributed by atoms with van der Waals surface area (Å²) >= 11 is 0. The Balaban J connectivity index is 1.67. The molecular weight excluding hydrogens is 278 g/mol. The van der Waals surface area contributed by atoms with Crippen molar-refractivity contribution in [2.24, 2.45) is 0 Å². The molecular formula is C18H13NO3. The van der Waals surface area contributed by atoms with E-state index in [4.69, 9.17) is 4.74 Å². The van der Waals surface area contributed by atoms with Crippen LogP contribution in [0.1, 0.15) is 16.7 Å². The van der Waals surface area contributed by atoms with Gasteiger partial charge in [0.05, 0.1) is 0 Å². The maximum Gasteiger partial charge on any atom is 0.414 e. The van der Waals surface area contributed by atoms with E-state index in [9.17, 15) is 9.59 Å². The van der Waals surface area contributed by atoms with Crippen molar-refractivity contribution in [3.63, 3.8) is 0 Å². The highest BCUT2D eigenvalue weighted by Gasteiger charge is 2.31. The summed E-state index contributed by atoms with van der Waals surface area (Å²) in [6, 6.07) is 17.3. The van der Waals surface area contributed by atoms with E-state index in [1.807, 2.05) is 54.6 Å². The van der Waals surface area contributed by atoms with Crippen molar-refractivity contribution >= 4 is 12.0 Å². The highest BCUT2D eigenvalue weighted by molar-refractivity contribution is 6.00. The molecule has 4 nitrogen and oxygen atoms in total. The minimum atomic E-state index is -0.742. The second kappa shape index (κ2) is 6.15.